The van der Waals surface area contributed by atoms with Crippen LogP contribution in [0.25, 0.3) is 0 Å². The predicted molar refractivity (Wildman–Crippen MR) is 53.5 cm³/mol. The van der Waals surface area contributed by atoms with Crippen molar-refractivity contribution in [2.75, 3.05) is 0 Å². The van der Waals surface area contributed by atoms with Gasteiger partial charge in [0, 0.05) is 13.0 Å². The second kappa shape index (κ2) is 5.24. The first-order chi connectivity index (χ1) is 7.13. The maximum Gasteiger partial charge on any atom is 0.287 e. The number of hydrogen-bond acceptors (Lipinski definition) is 2. The summed E-state index contributed by atoms with van der Waals surface area (Å²) >= 11 is 0. The van der Waals surface area contributed by atoms with Gasteiger partial charge in [0.05, 0.1) is 0 Å². The average Bonchev–Trinajstić information content (AvgIpc) is 2.25. The lowest BCUT2D eigenvalue weighted by Crippen LogP contribution is -2.29. The van der Waals surface area contributed by atoms with Crippen LogP contribution in [-0.2, 0) is 16.1 Å². The molecule has 0 atom stereocenters. The predicted octanol–water partition coefficient (Wildman–Crippen LogP) is 1.42. The van der Waals surface area contributed by atoms with Crippen molar-refractivity contribution in [2.24, 2.45) is 0 Å². The van der Waals surface area contributed by atoms with Crippen molar-refractivity contribution in [1.29, 1.82) is 0 Å². The van der Waals surface area contributed by atoms with Gasteiger partial charge in [0.1, 0.15) is 5.82 Å². The summed E-state index contributed by atoms with van der Waals surface area (Å²) in [4.78, 5) is 22.0. The zero-order valence-electron chi connectivity index (χ0n) is 8.42. The summed E-state index contributed by atoms with van der Waals surface area (Å²) in [6.45, 7) is 1.78. The Balaban J connectivity index is 2.50. The van der Waals surface area contributed by atoms with Crippen LogP contribution in [0.2, 0.25) is 0 Å². The minimum absolute atomic E-state index is 0.169. The number of amides is 1. The maximum absolute atomic E-state index is 12.7. The molecule has 0 heterocycles. The van der Waals surface area contributed by atoms with E-state index in [1.54, 1.807) is 19.1 Å². The van der Waals surface area contributed by atoms with Crippen LogP contribution in [0.4, 0.5) is 4.39 Å². The summed E-state index contributed by atoms with van der Waals surface area (Å²) in [5, 5.41) is 2.42. The van der Waals surface area contributed by atoms with Gasteiger partial charge < -0.3 is 5.32 Å². The number of ketones is 1. The van der Waals surface area contributed by atoms with Gasteiger partial charge in [-0.2, -0.15) is 0 Å². The summed E-state index contributed by atoms with van der Waals surface area (Å²) in [6, 6.07) is 5.87. The third-order valence-corrected chi connectivity index (χ3v) is 1.92. The lowest BCUT2D eigenvalue weighted by atomic mass is 10.2. The van der Waals surface area contributed by atoms with E-state index in [1.165, 1.54) is 12.1 Å². The highest BCUT2D eigenvalue weighted by molar-refractivity contribution is 6.35. The summed E-state index contributed by atoms with van der Waals surface area (Å²) < 4.78 is 12.7. The normalized spacial score (nSPS) is 9.73. The number of Topliss-reactive ketones (excluding diaryl/α,β-unsaturated/α-hetero) is 1. The van der Waals surface area contributed by atoms with E-state index in [4.69, 9.17) is 0 Å². The van der Waals surface area contributed by atoms with Crippen LogP contribution in [0.3, 0.4) is 0 Å². The summed E-state index contributed by atoms with van der Waals surface area (Å²) in [5.41, 5.74) is 0.632. The number of rotatable bonds is 4. The molecule has 1 N–H and O–H groups in total. The molecule has 1 aromatic rings. The molecular formula is C11H12FNO2. The number of carbonyl (C=O) groups excluding carboxylic acids is 2. The monoisotopic (exact) mass is 209 g/mol. The van der Waals surface area contributed by atoms with Crippen LogP contribution < -0.4 is 5.32 Å². The molecule has 1 rings (SSSR count). The largest absolute Gasteiger partial charge is 0.345 e. The highest BCUT2D eigenvalue weighted by Gasteiger charge is 2.09. The first-order valence-electron chi connectivity index (χ1n) is 4.69. The molecule has 0 unspecified atom stereocenters. The number of benzene rings is 1. The van der Waals surface area contributed by atoms with Crippen molar-refractivity contribution in [3.05, 3.63) is 35.6 Å². The van der Waals surface area contributed by atoms with Gasteiger partial charge in [-0.05, 0) is 17.7 Å². The molecule has 0 spiro atoms. The minimum Gasteiger partial charge on any atom is -0.345 e. The Hall–Kier alpha value is -1.71. The van der Waals surface area contributed by atoms with E-state index in [1.807, 2.05) is 0 Å². The van der Waals surface area contributed by atoms with Crippen LogP contribution >= 0.6 is 0 Å². The molecule has 0 saturated heterocycles. The zero-order valence-corrected chi connectivity index (χ0v) is 8.42. The number of carbonyl (C=O) groups is 2. The van der Waals surface area contributed by atoms with Gasteiger partial charge in [-0.3, -0.25) is 9.59 Å². The fraction of sp³-hybridized carbons (Fsp3) is 0.273. The van der Waals surface area contributed by atoms with E-state index < -0.39 is 11.7 Å². The third-order valence-electron chi connectivity index (χ3n) is 1.92. The molecule has 80 valence electrons. The maximum atomic E-state index is 12.7. The third kappa shape index (κ3) is 3.50. The van der Waals surface area contributed by atoms with Gasteiger partial charge in [0.25, 0.3) is 5.91 Å². The van der Waals surface area contributed by atoms with Gasteiger partial charge in [-0.25, -0.2) is 4.39 Å². The van der Waals surface area contributed by atoms with Crippen LogP contribution in [0, 0.1) is 5.82 Å². The molecule has 1 aromatic carbocycles. The quantitative estimate of drug-likeness (QED) is 0.762. The lowest BCUT2D eigenvalue weighted by molar-refractivity contribution is -0.137. The standard InChI is InChI=1S/C11H12FNO2/c1-2-10(14)11(15)13-7-8-4-3-5-9(12)6-8/h3-6H,2,7H2,1H3,(H,13,15). The molecule has 0 saturated carbocycles. The van der Waals surface area contributed by atoms with Gasteiger partial charge in [0.15, 0.2) is 0 Å². The smallest absolute Gasteiger partial charge is 0.287 e. The van der Waals surface area contributed by atoms with Gasteiger partial charge in [-0.1, -0.05) is 19.1 Å². The van der Waals surface area contributed by atoms with E-state index in [0.717, 1.165) is 0 Å². The van der Waals surface area contributed by atoms with E-state index in [0.29, 0.717) is 5.56 Å². The Bertz CT molecular complexity index is 377. The fourth-order valence-electron chi connectivity index (χ4n) is 1.09. The zero-order chi connectivity index (χ0) is 11.3. The Morgan fingerprint density at radius 1 is 1.40 bits per heavy atom. The van der Waals surface area contributed by atoms with Crippen molar-refractivity contribution in [3.8, 4) is 0 Å². The fourth-order valence-corrected chi connectivity index (χ4v) is 1.09. The first-order valence-corrected chi connectivity index (χ1v) is 4.69. The second-order valence-electron chi connectivity index (χ2n) is 3.09. The Kier molecular flexibility index (Phi) is 3.97. The first kappa shape index (κ1) is 11.4. The van der Waals surface area contributed by atoms with Crippen LogP contribution in [0.5, 0.6) is 0 Å². The molecule has 0 radical (unpaired) electrons. The average molecular weight is 209 g/mol. The number of halogens is 1. The van der Waals surface area contributed by atoms with Crippen molar-refractivity contribution < 1.29 is 14.0 Å². The Morgan fingerprint density at radius 2 is 2.13 bits per heavy atom. The summed E-state index contributed by atoms with van der Waals surface area (Å²) in [7, 11) is 0. The van der Waals surface area contributed by atoms with Crippen molar-refractivity contribution in [3.63, 3.8) is 0 Å². The van der Waals surface area contributed by atoms with Crippen molar-refractivity contribution >= 4 is 11.7 Å². The summed E-state index contributed by atoms with van der Waals surface area (Å²) in [6.07, 6.45) is 0.176. The van der Waals surface area contributed by atoms with E-state index in [2.05, 4.69) is 5.32 Å². The molecule has 0 fully saturated rings. The van der Waals surface area contributed by atoms with Gasteiger partial charge >= 0.3 is 0 Å². The highest BCUT2D eigenvalue weighted by atomic mass is 19.1. The van der Waals surface area contributed by atoms with Gasteiger partial charge in [0.2, 0.25) is 5.78 Å². The lowest BCUT2D eigenvalue weighted by Gasteiger charge is -2.03. The van der Waals surface area contributed by atoms with Crippen LogP contribution in [0.1, 0.15) is 18.9 Å². The summed E-state index contributed by atoms with van der Waals surface area (Å²) in [5.74, 6) is -1.45. The molecule has 0 aliphatic rings. The molecule has 0 bridgehead atoms. The number of nitrogens with one attached hydrogen (secondary N) is 1. The number of hydrogen-bond donors (Lipinski definition) is 1. The van der Waals surface area contributed by atoms with Gasteiger partial charge in [-0.15, -0.1) is 0 Å². The molecule has 0 aliphatic heterocycles. The molecular weight excluding hydrogens is 197 g/mol. The Labute approximate surface area is 87.3 Å². The SMILES string of the molecule is CCC(=O)C(=O)NCc1cccc(F)c1. The molecule has 4 heteroatoms. The molecule has 15 heavy (non-hydrogen) atoms. The molecule has 3 nitrogen and oxygen atoms in total. The van der Waals surface area contributed by atoms with Crippen LogP contribution in [-0.4, -0.2) is 11.7 Å². The topological polar surface area (TPSA) is 46.2 Å². The van der Waals surface area contributed by atoms with Crippen molar-refractivity contribution in [1.82, 2.24) is 5.32 Å². The molecule has 0 aliphatic carbocycles. The highest BCUT2D eigenvalue weighted by Crippen LogP contribution is 2.02. The van der Waals surface area contributed by atoms with Crippen LogP contribution in [0.15, 0.2) is 24.3 Å². The Morgan fingerprint density at radius 3 is 2.73 bits per heavy atom. The van der Waals surface area contributed by atoms with Crippen molar-refractivity contribution in [2.45, 2.75) is 19.9 Å². The van der Waals surface area contributed by atoms with E-state index in [-0.39, 0.29) is 18.8 Å². The second-order valence-corrected chi connectivity index (χ2v) is 3.09. The van der Waals surface area contributed by atoms with E-state index >= 15 is 0 Å². The minimum atomic E-state index is -0.623. The van der Waals surface area contributed by atoms with E-state index in [9.17, 15) is 14.0 Å². The molecule has 1 amide bonds. The molecule has 0 aromatic heterocycles.